The topological polar surface area (TPSA) is 255 Å². The lowest BCUT2D eigenvalue weighted by Gasteiger charge is -2.49. The van der Waals surface area contributed by atoms with Crippen molar-refractivity contribution in [3.63, 3.8) is 0 Å². The number of morpholine rings is 3. The van der Waals surface area contributed by atoms with E-state index >= 15 is 14.4 Å². The number of hydrogen-bond acceptors (Lipinski definition) is 17. The van der Waals surface area contributed by atoms with E-state index in [0.29, 0.717) is 105 Å². The number of pyridine rings is 2. The molecular weight excluding hydrogens is 1330 g/mol. The quantitative estimate of drug-likeness (QED) is 0.0771. The zero-order valence-electron chi connectivity index (χ0n) is 62.2. The third kappa shape index (κ3) is 10.7. The van der Waals surface area contributed by atoms with Crippen molar-refractivity contribution in [3.05, 3.63) is 114 Å². The summed E-state index contributed by atoms with van der Waals surface area (Å²) in [6.45, 7) is 12.8. The highest BCUT2D eigenvalue weighted by Crippen LogP contribution is 2.69. The van der Waals surface area contributed by atoms with Gasteiger partial charge in [0.2, 0.25) is 5.82 Å². The lowest BCUT2D eigenvalue weighted by molar-refractivity contribution is -0.140. The van der Waals surface area contributed by atoms with E-state index in [2.05, 4.69) is 86.9 Å². The van der Waals surface area contributed by atoms with Crippen LogP contribution in [0.2, 0.25) is 0 Å². The van der Waals surface area contributed by atoms with Crippen LogP contribution in [0.3, 0.4) is 0 Å². The highest BCUT2D eigenvalue weighted by Gasteiger charge is 2.79. The first-order valence-electron chi connectivity index (χ1n) is 38.7. The monoisotopic (exact) mass is 1430 g/mol. The van der Waals surface area contributed by atoms with E-state index in [4.69, 9.17) is 34.4 Å². The largest absolute Gasteiger partial charge is 0.378 e. The highest BCUT2D eigenvalue weighted by atomic mass is 16.5. The molecule has 6 aromatic rings. The summed E-state index contributed by atoms with van der Waals surface area (Å²) in [4.78, 5) is 106. The number of aryl methyl sites for hydroxylation is 3. The molecular formula is C79H102N17O9+3. The van der Waals surface area contributed by atoms with Crippen molar-refractivity contribution in [2.75, 3.05) is 102 Å². The number of amides is 6. The third-order valence-corrected chi connectivity index (χ3v) is 29.0. The van der Waals surface area contributed by atoms with Gasteiger partial charge in [-0.15, -0.1) is 0 Å². The molecule has 6 aliphatic carbocycles. The predicted molar refractivity (Wildman–Crippen MR) is 393 cm³/mol. The van der Waals surface area contributed by atoms with Crippen LogP contribution in [0.25, 0.3) is 0 Å². The Balaban J connectivity index is 0.537. The number of carbonyl (C=O) groups excluding carboxylic acids is 6. The second kappa shape index (κ2) is 24.9. The third-order valence-electron chi connectivity index (χ3n) is 29.0. The maximum absolute atomic E-state index is 15.7. The number of benzene rings is 1. The Labute approximate surface area is 613 Å². The fourth-order valence-corrected chi connectivity index (χ4v) is 22.1. The molecule has 105 heavy (non-hydrogen) atoms. The average Bonchev–Trinajstić information content (AvgIpc) is 1.52. The van der Waals surface area contributed by atoms with Gasteiger partial charge >= 0.3 is 17.7 Å². The number of aromatic nitrogens is 8. The maximum Gasteiger partial charge on any atom is 0.342 e. The number of fused-ring (bicyclic) bond motifs is 3. The standard InChI is InChI=1S/C79H99N17O9/c1-77-39-60(77)94(7,74(100)68(65(77)46-13-10-14-46)83-71(97)55-27-28-82-88(55)4)51-22-19-49(20-23-51)92-31-35-104-58(44-92)53-37-56(89(5)86-53)72(98)84-69-66(47-15-11-16-47)78(2)40-61(78)95(8,75(69)101)52-24-25-63(80-43-52)93-32-36-105-59(45-93)54-38-57(90(6)87-54)73(99)85-70-67(48-17-12-18-48)79(3)41-62(79)96(9,76(70)102)64-26-21-50(42-81-64)91-29-33-103-34-30-91/h19-28,37-38,42-43,46-48,58-62,65-70H,10-18,29-36,39-41,44-45H2,1-9H3/p+3/t58?,59?,60?,61?,62?,65?,66?,67?,68-,69-,70-,77?,78?,79?,94?,95?,96?/m0/s1. The molecule has 26 heteroatoms. The molecule has 6 aliphatic heterocycles. The van der Waals surface area contributed by atoms with Crippen LogP contribution in [-0.4, -0.2) is 198 Å². The summed E-state index contributed by atoms with van der Waals surface area (Å²) < 4.78 is 23.4. The van der Waals surface area contributed by atoms with Crippen molar-refractivity contribution < 1.29 is 43.0 Å². The number of anilines is 3. The van der Waals surface area contributed by atoms with Gasteiger partial charge in [-0.3, -0.25) is 28.4 Å². The number of likely N-dealkylation sites (tertiary alicyclic amines) is 3. The Bertz CT molecular complexity index is 4470. The van der Waals surface area contributed by atoms with Crippen LogP contribution in [0.15, 0.2) is 85.3 Å². The summed E-state index contributed by atoms with van der Waals surface area (Å²) in [5, 5.41) is 23.9. The number of rotatable bonds is 17. The molecule has 5 aromatic heterocycles. The Morgan fingerprint density at radius 2 is 0.933 bits per heavy atom. The highest BCUT2D eigenvalue weighted by molar-refractivity contribution is 6.03. The zero-order valence-corrected chi connectivity index (χ0v) is 62.2. The maximum atomic E-state index is 15.7. The minimum atomic E-state index is -0.759. The molecule has 0 radical (unpaired) electrons. The van der Waals surface area contributed by atoms with Crippen LogP contribution < -0.4 is 44.1 Å². The van der Waals surface area contributed by atoms with Gasteiger partial charge in [0, 0.05) is 137 Å². The van der Waals surface area contributed by atoms with E-state index in [1.807, 2.05) is 57.8 Å². The summed E-state index contributed by atoms with van der Waals surface area (Å²) >= 11 is 0. The Morgan fingerprint density at radius 3 is 1.39 bits per heavy atom. The van der Waals surface area contributed by atoms with E-state index in [-0.39, 0.29) is 101 Å². The number of ether oxygens (including phenoxy) is 3. The molecule has 26 nitrogen and oxygen atoms in total. The number of quaternary nitrogens is 3. The van der Waals surface area contributed by atoms with Gasteiger partial charge in [-0.25, -0.2) is 37.8 Å². The van der Waals surface area contributed by atoms with Gasteiger partial charge in [0.15, 0.2) is 5.69 Å². The van der Waals surface area contributed by atoms with Gasteiger partial charge in [-0.05, 0) is 60.2 Å². The van der Waals surface area contributed by atoms with Crippen LogP contribution in [0.5, 0.6) is 0 Å². The van der Waals surface area contributed by atoms with Gasteiger partial charge < -0.3 is 44.9 Å². The number of hydrogen-bond donors (Lipinski definition) is 3. The van der Waals surface area contributed by atoms with Crippen molar-refractivity contribution in [2.24, 2.45) is 72.9 Å². The van der Waals surface area contributed by atoms with Crippen LogP contribution in [-0.2, 0) is 49.7 Å². The molecule has 6 saturated heterocycles. The van der Waals surface area contributed by atoms with Crippen LogP contribution in [0.4, 0.5) is 34.4 Å². The number of likely N-dealkylation sites (N-methyl/N-ethyl adjacent to an activating group) is 3. The summed E-state index contributed by atoms with van der Waals surface area (Å²) in [5.41, 5.74) is 5.57. The zero-order chi connectivity index (χ0) is 72.6. The molecule has 6 saturated carbocycles. The van der Waals surface area contributed by atoms with E-state index in [1.165, 1.54) is 0 Å². The lowest BCUT2D eigenvalue weighted by Crippen LogP contribution is -2.70. The number of carbonyl (C=O) groups is 6. The summed E-state index contributed by atoms with van der Waals surface area (Å²) in [6, 6.07) is 19.8. The Morgan fingerprint density at radius 1 is 0.486 bits per heavy atom. The molecule has 14 unspecified atom stereocenters. The first-order valence-corrected chi connectivity index (χ1v) is 38.7. The predicted octanol–water partition coefficient (Wildman–Crippen LogP) is 7.08. The van der Waals surface area contributed by atoms with Crippen LogP contribution in [0.1, 0.15) is 153 Å². The number of nitrogens with zero attached hydrogens (tertiary/aromatic N) is 14. The Hall–Kier alpha value is -8.27. The van der Waals surface area contributed by atoms with Crippen molar-refractivity contribution in [1.29, 1.82) is 0 Å². The van der Waals surface area contributed by atoms with Gasteiger partial charge in [-0.2, -0.15) is 15.3 Å². The van der Waals surface area contributed by atoms with E-state index < -0.39 is 30.3 Å². The van der Waals surface area contributed by atoms with Gasteiger partial charge in [0.1, 0.15) is 77.0 Å². The van der Waals surface area contributed by atoms with Crippen molar-refractivity contribution in [2.45, 2.75) is 146 Å². The first kappa shape index (κ1) is 68.5. The molecule has 12 aliphatic rings. The second-order valence-electron chi connectivity index (χ2n) is 34.4. The molecule has 3 N–H and O–H groups in total. The van der Waals surface area contributed by atoms with Crippen molar-refractivity contribution in [1.82, 2.24) is 68.7 Å². The van der Waals surface area contributed by atoms with Gasteiger partial charge in [-0.1, -0.05) is 78.6 Å². The second-order valence-corrected chi connectivity index (χ2v) is 34.4. The SMILES string of the molecule is Cn1nccc1C(=O)N[C@@H]1C(=O)[N+](C)(c2ccc(N3CCOC(c4cc(C(=O)N[C@@H]5C(=O)[N+](C)(c6ccc(N7CCOC(c8cc(C(=O)N[C@@H]9C(=O)[N+](C)(c%10ccc(N%11CCOCC%11)cn%10)C%10CC%10(C)C9C9CCC9)n(C)n8)C7)nc6)C6CC6(C)C5C5CCC5)n(C)n4)C3)cc2)C2CC2(C)C1C1CCC1. The molecule has 0 bridgehead atoms. The fourth-order valence-electron chi connectivity index (χ4n) is 22.1. The van der Waals surface area contributed by atoms with Gasteiger partial charge in [0.05, 0.1) is 90.1 Å². The molecule has 17 atom stereocenters. The molecule has 0 spiro atoms. The number of piperidine rings is 3. The molecule has 554 valence electrons. The lowest BCUT2D eigenvalue weighted by atomic mass is 9.64. The van der Waals surface area contributed by atoms with Crippen molar-refractivity contribution >= 4 is 69.8 Å². The molecule has 1 aromatic carbocycles. The van der Waals surface area contributed by atoms with E-state index in [1.54, 1.807) is 53.5 Å². The van der Waals surface area contributed by atoms with E-state index in [0.717, 1.165) is 119 Å². The normalized spacial score (nSPS) is 36.6. The Kier molecular flexibility index (Phi) is 16.3. The van der Waals surface area contributed by atoms with E-state index in [9.17, 15) is 14.4 Å². The summed E-state index contributed by atoms with van der Waals surface area (Å²) in [7, 11) is 11.3. The van der Waals surface area contributed by atoms with Gasteiger partial charge in [0.25, 0.3) is 17.7 Å². The fraction of sp³-hybridized carbons (Fsp3) is 0.608. The summed E-state index contributed by atoms with van der Waals surface area (Å²) in [5.74, 6) is 1.52. The van der Waals surface area contributed by atoms with Crippen LogP contribution >= 0.6 is 0 Å². The molecule has 6 amide bonds. The minimum Gasteiger partial charge on any atom is -0.378 e. The first-order chi connectivity index (χ1) is 50.4. The molecule has 11 heterocycles. The smallest absolute Gasteiger partial charge is 0.342 e. The minimum absolute atomic E-state index is 0.0119. The summed E-state index contributed by atoms with van der Waals surface area (Å²) in [6.07, 6.45) is 16.7. The molecule has 12 fully saturated rings. The average molecular weight is 1430 g/mol. The van der Waals surface area contributed by atoms with Crippen LogP contribution in [0, 0.1) is 51.8 Å². The molecule has 18 rings (SSSR count). The van der Waals surface area contributed by atoms with Crippen molar-refractivity contribution in [3.8, 4) is 0 Å². The number of nitrogens with one attached hydrogen (secondary N) is 3.